The van der Waals surface area contributed by atoms with E-state index in [0.29, 0.717) is 11.8 Å². The fraction of sp³-hybridized carbons (Fsp3) is 0.471. The minimum Gasteiger partial charge on any atom is -0.349 e. The number of allylic oxidation sites excluding steroid dienone is 2. The molecule has 3 rings (SSSR count). The van der Waals surface area contributed by atoms with E-state index in [1.54, 1.807) is 0 Å². The summed E-state index contributed by atoms with van der Waals surface area (Å²) >= 11 is 5.90. The van der Waals surface area contributed by atoms with Crippen molar-refractivity contribution in [3.05, 3.63) is 47.0 Å². The predicted octanol–water partition coefficient (Wildman–Crippen LogP) is 4.12. The Balaban J connectivity index is 1.70. The highest BCUT2D eigenvalue weighted by molar-refractivity contribution is 6.30. The highest BCUT2D eigenvalue weighted by Crippen LogP contribution is 2.52. The van der Waals surface area contributed by atoms with Gasteiger partial charge in [-0.15, -0.1) is 0 Å². The minimum absolute atomic E-state index is 0.0136. The zero-order valence-electron chi connectivity index (χ0n) is 11.9. The van der Waals surface area contributed by atoms with Crippen molar-refractivity contribution >= 4 is 17.5 Å². The number of benzene rings is 1. The Bertz CT molecular complexity index is 551. The number of amides is 1. The molecule has 106 valence electrons. The second-order valence-electron chi connectivity index (χ2n) is 6.36. The summed E-state index contributed by atoms with van der Waals surface area (Å²) in [6.07, 6.45) is 6.61. The maximum absolute atomic E-state index is 12.6. The smallest absolute Gasteiger partial charge is 0.227 e. The minimum atomic E-state index is -0.236. The molecule has 0 radical (unpaired) electrons. The molecule has 1 aromatic carbocycles. The first-order valence-electron chi connectivity index (χ1n) is 7.24. The van der Waals surface area contributed by atoms with Crippen LogP contribution in [0.5, 0.6) is 0 Å². The largest absolute Gasteiger partial charge is 0.349 e. The van der Waals surface area contributed by atoms with Crippen LogP contribution >= 0.6 is 11.6 Å². The van der Waals surface area contributed by atoms with Crippen LogP contribution in [0.4, 0.5) is 0 Å². The van der Waals surface area contributed by atoms with Gasteiger partial charge in [0.25, 0.3) is 0 Å². The van der Waals surface area contributed by atoms with Crippen molar-refractivity contribution in [3.63, 3.8) is 0 Å². The number of carbonyl (C=O) groups is 1. The van der Waals surface area contributed by atoms with Gasteiger partial charge in [-0.1, -0.05) is 42.8 Å². The van der Waals surface area contributed by atoms with Gasteiger partial charge in [-0.25, -0.2) is 0 Å². The highest BCUT2D eigenvalue weighted by atomic mass is 35.5. The van der Waals surface area contributed by atoms with Gasteiger partial charge in [-0.05, 0) is 49.3 Å². The molecule has 4 atom stereocenters. The summed E-state index contributed by atoms with van der Waals surface area (Å²) in [6, 6.07) is 7.68. The van der Waals surface area contributed by atoms with Crippen LogP contribution in [0, 0.1) is 17.3 Å². The van der Waals surface area contributed by atoms with Crippen LogP contribution in [0.1, 0.15) is 38.3 Å². The number of carbonyl (C=O) groups excluding carboxylic acids is 1. The van der Waals surface area contributed by atoms with E-state index in [1.165, 1.54) is 0 Å². The van der Waals surface area contributed by atoms with Crippen molar-refractivity contribution in [2.24, 2.45) is 17.3 Å². The van der Waals surface area contributed by atoms with Crippen molar-refractivity contribution in [1.82, 2.24) is 5.32 Å². The predicted molar refractivity (Wildman–Crippen MR) is 81.5 cm³/mol. The zero-order valence-corrected chi connectivity index (χ0v) is 12.7. The van der Waals surface area contributed by atoms with Crippen LogP contribution in [0.3, 0.4) is 0 Å². The molecule has 0 heterocycles. The first kappa shape index (κ1) is 13.7. The maximum atomic E-state index is 12.6. The number of rotatable bonds is 3. The Kier molecular flexibility index (Phi) is 3.37. The third-order valence-electron chi connectivity index (χ3n) is 4.91. The normalized spacial score (nSPS) is 32.4. The Morgan fingerprint density at radius 1 is 1.35 bits per heavy atom. The molecule has 1 amide bonds. The van der Waals surface area contributed by atoms with Crippen molar-refractivity contribution in [3.8, 4) is 0 Å². The lowest BCUT2D eigenvalue weighted by atomic mass is 9.76. The molecule has 2 nitrogen and oxygen atoms in total. The van der Waals surface area contributed by atoms with Crippen molar-refractivity contribution in [1.29, 1.82) is 0 Å². The Morgan fingerprint density at radius 3 is 2.60 bits per heavy atom. The quantitative estimate of drug-likeness (QED) is 0.833. The SMILES string of the molecule is CC(NC(=O)C1(C)CC2C=CC1C2)c1ccc(Cl)cc1. The summed E-state index contributed by atoms with van der Waals surface area (Å²) < 4.78 is 0. The Labute approximate surface area is 125 Å². The average Bonchev–Trinajstić information content (AvgIpc) is 3.00. The van der Waals surface area contributed by atoms with Gasteiger partial charge in [0.05, 0.1) is 11.5 Å². The number of halogens is 1. The van der Waals surface area contributed by atoms with E-state index < -0.39 is 0 Å². The fourth-order valence-electron chi connectivity index (χ4n) is 3.55. The second kappa shape index (κ2) is 4.92. The van der Waals surface area contributed by atoms with Crippen LogP contribution in [-0.2, 0) is 4.79 Å². The Hall–Kier alpha value is -1.28. The summed E-state index contributed by atoms with van der Waals surface area (Å²) in [5.74, 6) is 1.18. The molecule has 2 bridgehead atoms. The van der Waals surface area contributed by atoms with Crippen LogP contribution < -0.4 is 5.32 Å². The van der Waals surface area contributed by atoms with Crippen LogP contribution in [-0.4, -0.2) is 5.91 Å². The first-order valence-corrected chi connectivity index (χ1v) is 7.61. The van der Waals surface area contributed by atoms with Crippen molar-refractivity contribution in [2.45, 2.75) is 32.7 Å². The maximum Gasteiger partial charge on any atom is 0.227 e. The van der Waals surface area contributed by atoms with E-state index in [4.69, 9.17) is 11.6 Å². The lowest BCUT2D eigenvalue weighted by Gasteiger charge is -2.31. The molecule has 1 aromatic rings. The summed E-state index contributed by atoms with van der Waals surface area (Å²) in [6.45, 7) is 4.12. The zero-order chi connectivity index (χ0) is 14.3. The van der Waals surface area contributed by atoms with Crippen molar-refractivity contribution in [2.75, 3.05) is 0 Å². The molecule has 2 aliphatic rings. The van der Waals surface area contributed by atoms with Gasteiger partial charge in [0.15, 0.2) is 0 Å². The van der Waals surface area contributed by atoms with Gasteiger partial charge in [0.2, 0.25) is 5.91 Å². The molecule has 2 aliphatic carbocycles. The van der Waals surface area contributed by atoms with Gasteiger partial charge in [-0.3, -0.25) is 4.79 Å². The molecule has 1 N–H and O–H groups in total. The van der Waals surface area contributed by atoms with Crippen LogP contribution in [0.15, 0.2) is 36.4 Å². The summed E-state index contributed by atoms with van der Waals surface area (Å²) in [7, 11) is 0. The molecule has 0 aromatic heterocycles. The van der Waals surface area contributed by atoms with E-state index in [1.807, 2.05) is 31.2 Å². The third kappa shape index (κ3) is 2.26. The van der Waals surface area contributed by atoms with E-state index in [0.717, 1.165) is 23.4 Å². The van der Waals surface area contributed by atoms with E-state index in [9.17, 15) is 4.79 Å². The van der Waals surface area contributed by atoms with E-state index in [2.05, 4.69) is 24.4 Å². The van der Waals surface area contributed by atoms with Crippen LogP contribution in [0.2, 0.25) is 5.02 Å². The van der Waals surface area contributed by atoms with Crippen molar-refractivity contribution < 1.29 is 4.79 Å². The van der Waals surface area contributed by atoms with Gasteiger partial charge >= 0.3 is 0 Å². The summed E-state index contributed by atoms with van der Waals surface area (Å²) in [5.41, 5.74) is 0.852. The summed E-state index contributed by atoms with van der Waals surface area (Å²) in [5, 5.41) is 3.89. The van der Waals surface area contributed by atoms with Gasteiger partial charge in [0, 0.05) is 5.02 Å². The second-order valence-corrected chi connectivity index (χ2v) is 6.79. The molecular weight excluding hydrogens is 270 g/mol. The lowest BCUT2D eigenvalue weighted by molar-refractivity contribution is -0.132. The molecule has 20 heavy (non-hydrogen) atoms. The molecule has 1 fully saturated rings. The van der Waals surface area contributed by atoms with Gasteiger partial charge < -0.3 is 5.32 Å². The fourth-order valence-corrected chi connectivity index (χ4v) is 3.68. The molecule has 0 spiro atoms. The standard InChI is InChI=1S/C17H20ClNO/c1-11(13-4-7-15(18)8-5-13)19-16(20)17(2)10-12-3-6-14(17)9-12/h3-8,11-12,14H,9-10H2,1-2H3,(H,19,20). The highest BCUT2D eigenvalue weighted by Gasteiger charge is 2.49. The monoisotopic (exact) mass is 289 g/mol. The number of nitrogens with one attached hydrogen (secondary N) is 1. The van der Waals surface area contributed by atoms with E-state index >= 15 is 0 Å². The molecule has 3 heteroatoms. The van der Waals surface area contributed by atoms with Gasteiger partial charge in [-0.2, -0.15) is 0 Å². The number of hydrogen-bond donors (Lipinski definition) is 1. The third-order valence-corrected chi connectivity index (χ3v) is 5.17. The first-order chi connectivity index (χ1) is 9.49. The topological polar surface area (TPSA) is 29.1 Å². The number of hydrogen-bond acceptors (Lipinski definition) is 1. The Morgan fingerprint density at radius 2 is 2.05 bits per heavy atom. The molecule has 0 saturated heterocycles. The number of fused-ring (bicyclic) bond motifs is 2. The average molecular weight is 290 g/mol. The molecule has 0 aliphatic heterocycles. The lowest BCUT2D eigenvalue weighted by Crippen LogP contribution is -2.42. The molecule has 1 saturated carbocycles. The molecular formula is C17H20ClNO. The van der Waals surface area contributed by atoms with Gasteiger partial charge in [0.1, 0.15) is 0 Å². The summed E-state index contributed by atoms with van der Waals surface area (Å²) in [4.78, 5) is 12.6. The molecule has 4 unspecified atom stereocenters. The van der Waals surface area contributed by atoms with E-state index in [-0.39, 0.29) is 17.4 Å². The van der Waals surface area contributed by atoms with Crippen LogP contribution in [0.25, 0.3) is 0 Å².